The maximum atomic E-state index is 13.0. The molecule has 0 aliphatic heterocycles. The number of rotatable bonds is 7. The predicted octanol–water partition coefficient (Wildman–Crippen LogP) is 3.90. The molecule has 1 N–H and O–H groups in total. The number of sulfonamides is 2. The Balaban J connectivity index is 1.89. The highest BCUT2D eigenvalue weighted by atomic mass is 32.2. The molecule has 0 spiro atoms. The molecule has 1 aliphatic rings. The van der Waals surface area contributed by atoms with Crippen molar-refractivity contribution in [2.75, 3.05) is 30.8 Å². The van der Waals surface area contributed by atoms with Crippen molar-refractivity contribution in [3.8, 4) is 0 Å². The molecule has 0 radical (unpaired) electrons. The summed E-state index contributed by atoms with van der Waals surface area (Å²) in [6.07, 6.45) is 5.68. The lowest BCUT2D eigenvalue weighted by Crippen LogP contribution is -2.45. The Morgan fingerprint density at radius 3 is 1.94 bits per heavy atom. The molecule has 31 heavy (non-hydrogen) atoms. The van der Waals surface area contributed by atoms with Crippen molar-refractivity contribution in [2.24, 2.45) is 0 Å². The molecule has 0 saturated heterocycles. The highest BCUT2D eigenvalue weighted by molar-refractivity contribution is 7.92. The Bertz CT molecular complexity index is 1120. The van der Waals surface area contributed by atoms with Crippen LogP contribution < -0.4 is 9.62 Å². The highest BCUT2D eigenvalue weighted by Gasteiger charge is 2.32. The van der Waals surface area contributed by atoms with Gasteiger partial charge in [0, 0.05) is 26.7 Å². The lowest BCUT2D eigenvalue weighted by molar-refractivity contribution is 0.309. The maximum absolute atomic E-state index is 13.0. The number of nitrogens with one attached hydrogen (secondary N) is 1. The molecule has 2 aromatic rings. The van der Waals surface area contributed by atoms with Gasteiger partial charge in [-0.05, 0) is 56.2 Å². The highest BCUT2D eigenvalue weighted by Crippen LogP contribution is 2.38. The molecular weight excluding hydrogens is 434 g/mol. The third kappa shape index (κ3) is 4.88. The fraction of sp³-hybridized carbons (Fsp3) is 0.455. The monoisotopic (exact) mass is 465 g/mol. The van der Waals surface area contributed by atoms with Crippen LogP contribution in [-0.4, -0.2) is 47.8 Å². The van der Waals surface area contributed by atoms with Crippen LogP contribution in [-0.2, 0) is 20.0 Å². The molecule has 0 heterocycles. The molecule has 0 aromatic heterocycles. The first-order valence-electron chi connectivity index (χ1n) is 10.4. The summed E-state index contributed by atoms with van der Waals surface area (Å²) in [5.41, 5.74) is 1.30. The van der Waals surface area contributed by atoms with Crippen molar-refractivity contribution in [3.63, 3.8) is 0 Å². The van der Waals surface area contributed by atoms with Crippen molar-refractivity contribution in [3.05, 3.63) is 48.5 Å². The van der Waals surface area contributed by atoms with E-state index in [1.54, 1.807) is 12.1 Å². The Labute approximate surface area is 186 Å². The van der Waals surface area contributed by atoms with Crippen molar-refractivity contribution in [1.82, 2.24) is 4.31 Å². The van der Waals surface area contributed by atoms with E-state index in [1.165, 1.54) is 44.8 Å². The summed E-state index contributed by atoms with van der Waals surface area (Å²) in [5.74, 6) is 0. The van der Waals surface area contributed by atoms with E-state index in [0.29, 0.717) is 5.69 Å². The second-order valence-corrected chi connectivity index (χ2v) is 12.3. The van der Waals surface area contributed by atoms with Gasteiger partial charge in [-0.1, -0.05) is 31.4 Å². The fourth-order valence-corrected chi connectivity index (χ4v) is 5.97. The molecule has 2 aromatic carbocycles. The Morgan fingerprint density at radius 2 is 1.35 bits per heavy atom. The summed E-state index contributed by atoms with van der Waals surface area (Å²) in [5, 5.41) is 0. The van der Waals surface area contributed by atoms with Gasteiger partial charge in [-0.25, -0.2) is 21.1 Å². The van der Waals surface area contributed by atoms with Crippen molar-refractivity contribution in [1.29, 1.82) is 0 Å². The quantitative estimate of drug-likeness (QED) is 0.670. The zero-order valence-electron chi connectivity index (χ0n) is 18.5. The van der Waals surface area contributed by atoms with Crippen LogP contribution in [0.15, 0.2) is 58.3 Å². The van der Waals surface area contributed by atoms with E-state index in [4.69, 9.17) is 0 Å². The first kappa shape index (κ1) is 23.6. The topological polar surface area (TPSA) is 86.8 Å². The molecule has 1 fully saturated rings. The molecule has 7 nitrogen and oxygen atoms in total. The summed E-state index contributed by atoms with van der Waals surface area (Å²) in [6, 6.07) is 12.6. The van der Waals surface area contributed by atoms with Crippen LogP contribution in [0.4, 0.5) is 11.4 Å². The molecule has 0 atom stereocenters. The Morgan fingerprint density at radius 1 is 0.806 bits per heavy atom. The van der Waals surface area contributed by atoms with Crippen LogP contribution in [0, 0.1) is 0 Å². The second-order valence-electron chi connectivity index (χ2n) is 8.50. The van der Waals surface area contributed by atoms with E-state index in [9.17, 15) is 16.8 Å². The van der Waals surface area contributed by atoms with Gasteiger partial charge < -0.3 is 4.90 Å². The third-order valence-corrected chi connectivity index (χ3v) is 9.37. The van der Waals surface area contributed by atoms with Crippen molar-refractivity contribution in [2.45, 2.75) is 54.4 Å². The van der Waals surface area contributed by atoms with Crippen LogP contribution in [0.2, 0.25) is 0 Å². The number of nitrogens with zero attached hydrogens (tertiary/aromatic N) is 2. The number of para-hydroxylation sites is 2. The number of hydrogen-bond acceptors (Lipinski definition) is 5. The summed E-state index contributed by atoms with van der Waals surface area (Å²) in [4.78, 5) is 2.23. The van der Waals surface area contributed by atoms with E-state index in [-0.39, 0.29) is 15.3 Å². The Hall–Kier alpha value is -2.10. The van der Waals surface area contributed by atoms with Gasteiger partial charge >= 0.3 is 0 Å². The minimum absolute atomic E-state index is 0.00606. The first-order chi connectivity index (χ1) is 14.5. The van der Waals surface area contributed by atoms with E-state index in [0.717, 1.165) is 35.7 Å². The minimum Gasteiger partial charge on any atom is -0.368 e. The number of benzene rings is 2. The normalized spacial score (nSPS) is 16.8. The SMILES string of the molecule is CN(c1ccccc1NS(=O)(=O)c1ccc(S(=O)(=O)N(C)C)cc1)C1(C)CCCCC1. The van der Waals surface area contributed by atoms with Crippen LogP contribution in [0.25, 0.3) is 0 Å². The van der Waals surface area contributed by atoms with Crippen molar-refractivity contribution >= 4 is 31.4 Å². The zero-order valence-corrected chi connectivity index (χ0v) is 20.1. The summed E-state index contributed by atoms with van der Waals surface area (Å²) >= 11 is 0. The van der Waals surface area contributed by atoms with Gasteiger partial charge in [-0.3, -0.25) is 4.72 Å². The molecule has 0 bridgehead atoms. The lowest BCUT2D eigenvalue weighted by Gasteiger charge is -2.44. The van der Waals surface area contributed by atoms with Gasteiger partial charge in [0.15, 0.2) is 0 Å². The lowest BCUT2D eigenvalue weighted by atomic mass is 9.82. The molecule has 1 aliphatic carbocycles. The average Bonchev–Trinajstić information content (AvgIpc) is 2.74. The second kappa shape index (κ2) is 8.80. The fourth-order valence-electron chi connectivity index (χ4n) is 4.00. The average molecular weight is 466 g/mol. The zero-order chi connectivity index (χ0) is 22.9. The van der Waals surface area contributed by atoms with Gasteiger partial charge in [-0.15, -0.1) is 0 Å². The number of hydrogen-bond donors (Lipinski definition) is 1. The summed E-state index contributed by atoms with van der Waals surface area (Å²) in [6.45, 7) is 2.22. The van der Waals surface area contributed by atoms with Crippen molar-refractivity contribution < 1.29 is 16.8 Å². The largest absolute Gasteiger partial charge is 0.368 e. The van der Waals surface area contributed by atoms with Crippen LogP contribution in [0.3, 0.4) is 0 Å². The Kier molecular flexibility index (Phi) is 6.69. The molecular formula is C22H31N3O4S2. The predicted molar refractivity (Wildman–Crippen MR) is 124 cm³/mol. The molecule has 170 valence electrons. The molecule has 1 saturated carbocycles. The molecule has 0 amide bonds. The summed E-state index contributed by atoms with van der Waals surface area (Å²) < 4.78 is 54.3. The van der Waals surface area contributed by atoms with Gasteiger partial charge in [0.05, 0.1) is 21.2 Å². The van der Waals surface area contributed by atoms with Gasteiger partial charge in [0.1, 0.15) is 0 Å². The van der Waals surface area contributed by atoms with Crippen LogP contribution in [0.1, 0.15) is 39.0 Å². The molecule has 3 rings (SSSR count). The standard InChI is InChI=1S/C22H31N3O4S2/c1-22(16-8-5-9-17-22)25(4)21-11-7-6-10-20(21)23-30(26,27)18-12-14-19(15-13-18)31(28,29)24(2)3/h6-7,10-15,23H,5,8-9,16-17H2,1-4H3. The van der Waals surface area contributed by atoms with E-state index >= 15 is 0 Å². The van der Waals surface area contributed by atoms with E-state index < -0.39 is 20.0 Å². The first-order valence-corrected chi connectivity index (χ1v) is 13.3. The van der Waals surface area contributed by atoms with E-state index in [1.807, 2.05) is 19.2 Å². The maximum Gasteiger partial charge on any atom is 0.261 e. The van der Waals surface area contributed by atoms with Crippen LogP contribution >= 0.6 is 0 Å². The molecule has 9 heteroatoms. The van der Waals surface area contributed by atoms with Gasteiger partial charge in [0.2, 0.25) is 10.0 Å². The van der Waals surface area contributed by atoms with Crippen LogP contribution in [0.5, 0.6) is 0 Å². The minimum atomic E-state index is -3.89. The van der Waals surface area contributed by atoms with Gasteiger partial charge in [0.25, 0.3) is 10.0 Å². The smallest absolute Gasteiger partial charge is 0.261 e. The number of anilines is 2. The molecule has 0 unspecified atom stereocenters. The third-order valence-electron chi connectivity index (χ3n) is 6.16. The van der Waals surface area contributed by atoms with Gasteiger partial charge in [-0.2, -0.15) is 0 Å². The van der Waals surface area contributed by atoms with E-state index in [2.05, 4.69) is 16.5 Å². The summed E-state index contributed by atoms with van der Waals surface area (Å²) in [7, 11) is -2.63.